The average Bonchev–Trinajstić information content (AvgIpc) is 2.75. The molecule has 0 spiro atoms. The van der Waals surface area contributed by atoms with Crippen LogP contribution in [-0.4, -0.2) is 50.5 Å². The number of nitrogens with zero attached hydrogens (tertiary/aromatic N) is 1. The molecule has 0 amide bonds. The normalized spacial score (nSPS) is 12.0. The average molecular weight is 508 g/mol. The first-order valence-electron chi connectivity index (χ1n) is 12.3. The predicted octanol–water partition coefficient (Wildman–Crippen LogP) is 5.99. The fourth-order valence-corrected chi connectivity index (χ4v) is 5.80. The van der Waals surface area contributed by atoms with Crippen molar-refractivity contribution < 1.29 is 25.9 Å². The molecule has 2 N–H and O–H groups in total. The molecular weight excluding hydrogens is 462 g/mol. The van der Waals surface area contributed by atoms with Crippen molar-refractivity contribution in [1.82, 2.24) is 4.90 Å². The van der Waals surface area contributed by atoms with Gasteiger partial charge in [-0.05, 0) is 44.1 Å². The van der Waals surface area contributed by atoms with Crippen LogP contribution >= 0.6 is 0 Å². The highest BCUT2D eigenvalue weighted by atomic mass is 32.2. The molecule has 1 rings (SSSR count). The third kappa shape index (κ3) is 14.1. The highest BCUT2D eigenvalue weighted by Crippen LogP contribution is 2.26. The van der Waals surface area contributed by atoms with Gasteiger partial charge in [0, 0.05) is 0 Å². The first kappa shape index (κ1) is 32.0. The largest absolute Gasteiger partial charge is 0.304 e. The molecule has 1 aromatic rings. The van der Waals surface area contributed by atoms with Crippen LogP contribution in [0.25, 0.3) is 0 Å². The maximum absolute atomic E-state index is 11.6. The third-order valence-corrected chi connectivity index (χ3v) is 7.76. The molecule has 0 aromatic heterocycles. The lowest BCUT2D eigenvalue weighted by atomic mass is 10.0. The fraction of sp³-hybridized carbons (Fsp3) is 0.750. The molecule has 33 heavy (non-hydrogen) atoms. The summed E-state index contributed by atoms with van der Waals surface area (Å²) in [7, 11) is -9.48. The van der Waals surface area contributed by atoms with E-state index in [1.165, 1.54) is 70.3 Å². The van der Waals surface area contributed by atoms with Crippen LogP contribution in [0.3, 0.4) is 0 Å². The van der Waals surface area contributed by atoms with Gasteiger partial charge in [0.2, 0.25) is 0 Å². The van der Waals surface area contributed by atoms with Crippen molar-refractivity contribution in [2.45, 2.75) is 108 Å². The molecule has 1 aromatic carbocycles. The number of hydrogen-bond donors (Lipinski definition) is 2. The van der Waals surface area contributed by atoms with Gasteiger partial charge in [-0.3, -0.25) is 9.11 Å². The molecule has 0 radical (unpaired) electrons. The molecule has 0 aliphatic rings. The van der Waals surface area contributed by atoms with E-state index >= 15 is 0 Å². The Balaban J connectivity index is 0.00000126. The zero-order chi connectivity index (χ0) is 25.3. The molecule has 0 heterocycles. The first-order chi connectivity index (χ1) is 15.5. The van der Waals surface area contributed by atoms with E-state index < -0.39 is 30.0 Å². The molecule has 0 aliphatic heterocycles. The van der Waals surface area contributed by atoms with E-state index in [0.717, 1.165) is 25.3 Å². The molecule has 9 heteroatoms. The number of hydrogen-bond acceptors (Lipinski definition) is 5. The van der Waals surface area contributed by atoms with Crippen LogP contribution in [0.15, 0.2) is 28.0 Å². The topological polar surface area (TPSA) is 112 Å². The summed E-state index contributed by atoms with van der Waals surface area (Å²) in [5.41, 5.74) is 0.210. The Kier molecular flexibility index (Phi) is 16.9. The van der Waals surface area contributed by atoms with Gasteiger partial charge in [-0.25, -0.2) is 0 Å². The summed E-state index contributed by atoms with van der Waals surface area (Å²) in [6, 6.07) is 3.80. The van der Waals surface area contributed by atoms with E-state index in [1.54, 1.807) is 0 Å². The summed E-state index contributed by atoms with van der Waals surface area (Å²) >= 11 is 0. The second-order valence-electron chi connectivity index (χ2n) is 8.25. The molecule has 0 aliphatic carbocycles. The number of rotatable bonds is 16. The van der Waals surface area contributed by atoms with E-state index in [4.69, 9.17) is 0 Å². The molecule has 194 valence electrons. The Morgan fingerprint density at radius 2 is 1.12 bits per heavy atom. The second-order valence-corrected chi connectivity index (χ2v) is 11.0. The van der Waals surface area contributed by atoms with Crippen LogP contribution in [0.4, 0.5) is 0 Å². The van der Waals surface area contributed by atoms with Gasteiger partial charge < -0.3 is 4.90 Å². The second kappa shape index (κ2) is 17.4. The molecule has 0 bridgehead atoms. The van der Waals surface area contributed by atoms with Gasteiger partial charge in [0.05, 0.1) is 0 Å². The molecule has 0 saturated heterocycles. The molecule has 0 unspecified atom stereocenters. The summed E-state index contributed by atoms with van der Waals surface area (Å²) in [6.07, 6.45) is 11.6. The minimum Gasteiger partial charge on any atom is -0.304 e. The molecular formula is C24H45NO6S2. The van der Waals surface area contributed by atoms with Crippen LogP contribution in [-0.2, 0) is 26.7 Å². The molecule has 0 fully saturated rings. The van der Waals surface area contributed by atoms with Gasteiger partial charge in [-0.15, -0.1) is 0 Å². The zero-order valence-electron chi connectivity index (χ0n) is 20.9. The van der Waals surface area contributed by atoms with E-state index in [-0.39, 0.29) is 5.56 Å². The van der Waals surface area contributed by atoms with Gasteiger partial charge in [0.15, 0.2) is 0 Å². The monoisotopic (exact) mass is 507 g/mol. The summed E-state index contributed by atoms with van der Waals surface area (Å²) in [5.74, 6) is 0. The lowest BCUT2D eigenvalue weighted by molar-refractivity contribution is 0.321. The quantitative estimate of drug-likeness (QED) is 0.209. The highest BCUT2D eigenvalue weighted by Gasteiger charge is 2.26. The van der Waals surface area contributed by atoms with E-state index in [2.05, 4.69) is 32.6 Å². The summed E-state index contributed by atoms with van der Waals surface area (Å²) in [4.78, 5) is 0.892. The van der Waals surface area contributed by atoms with Crippen LogP contribution < -0.4 is 0 Å². The molecule has 0 saturated carbocycles. The van der Waals surface area contributed by atoms with E-state index in [1.807, 2.05) is 0 Å². The van der Waals surface area contributed by atoms with Crippen molar-refractivity contribution in [3.63, 3.8) is 0 Å². The van der Waals surface area contributed by atoms with E-state index in [9.17, 15) is 25.9 Å². The van der Waals surface area contributed by atoms with Crippen molar-refractivity contribution in [1.29, 1.82) is 0 Å². The number of unbranched alkanes of at least 4 members (excludes halogenated alkanes) is 9. The Bertz CT molecular complexity index is 844. The minimum atomic E-state index is -4.75. The predicted molar refractivity (Wildman–Crippen MR) is 135 cm³/mol. The lowest BCUT2D eigenvalue weighted by Crippen LogP contribution is -2.21. The zero-order valence-corrected chi connectivity index (χ0v) is 22.6. The van der Waals surface area contributed by atoms with Crippen LogP contribution in [0.2, 0.25) is 0 Å². The maximum atomic E-state index is 11.6. The van der Waals surface area contributed by atoms with Gasteiger partial charge >= 0.3 is 0 Å². The van der Waals surface area contributed by atoms with Gasteiger partial charge in [-0.1, -0.05) is 97.6 Å². The highest BCUT2D eigenvalue weighted by molar-refractivity contribution is 7.89. The Morgan fingerprint density at radius 3 is 1.48 bits per heavy atom. The maximum Gasteiger partial charge on any atom is 0.296 e. The van der Waals surface area contributed by atoms with Crippen LogP contribution in [0, 0.1) is 0 Å². The first-order valence-corrected chi connectivity index (χ1v) is 15.2. The van der Waals surface area contributed by atoms with Gasteiger partial charge in [-0.2, -0.15) is 16.8 Å². The summed E-state index contributed by atoms with van der Waals surface area (Å²) in [5, 5.41) is 0. The molecule has 0 atom stereocenters. The molecule has 7 nitrogen and oxygen atoms in total. The lowest BCUT2D eigenvalue weighted by Gasteiger charge is -2.13. The number of benzene rings is 1. The Labute approximate surface area is 202 Å². The summed E-state index contributed by atoms with van der Waals surface area (Å²) < 4.78 is 64.5. The minimum absolute atomic E-state index is 0.210. The van der Waals surface area contributed by atoms with Crippen molar-refractivity contribution in [3.05, 3.63) is 23.8 Å². The van der Waals surface area contributed by atoms with Gasteiger partial charge in [0.25, 0.3) is 20.2 Å². The summed E-state index contributed by atoms with van der Waals surface area (Å²) in [6.45, 7) is 12.3. The smallest absolute Gasteiger partial charge is 0.296 e. The van der Waals surface area contributed by atoms with Crippen molar-refractivity contribution in [2.24, 2.45) is 0 Å². The van der Waals surface area contributed by atoms with Gasteiger partial charge in [0.1, 0.15) is 9.79 Å². The Morgan fingerprint density at radius 1 is 0.667 bits per heavy atom. The van der Waals surface area contributed by atoms with Crippen LogP contribution in [0.5, 0.6) is 0 Å². The van der Waals surface area contributed by atoms with E-state index in [0.29, 0.717) is 12.8 Å². The van der Waals surface area contributed by atoms with Crippen molar-refractivity contribution >= 4 is 20.2 Å². The van der Waals surface area contributed by atoms with Crippen molar-refractivity contribution in [3.8, 4) is 0 Å². The fourth-order valence-electron chi connectivity index (χ4n) is 3.73. The third-order valence-electron chi connectivity index (χ3n) is 5.74. The van der Waals surface area contributed by atoms with Crippen molar-refractivity contribution in [2.75, 3.05) is 19.6 Å². The van der Waals surface area contributed by atoms with Crippen LogP contribution in [0.1, 0.15) is 97.5 Å². The SMILES string of the molecule is CCCCCCCCCCCCc1cccc(S(=O)(=O)O)c1S(=O)(=O)O.CCN(CC)CC. The Hall–Kier alpha value is -1.00. The standard InChI is InChI=1S/C18H30O6S2.C6H15N/c1-2-3-4-5-6-7-8-9-10-11-13-16-14-12-15-17(25(19,20)21)18(16)26(22,23)24;1-4-7(5-2)6-3/h12,14-15H,2-11,13H2,1H3,(H,19,20,21)(H,22,23,24);4-6H2,1-3H3. The number of aryl methyl sites for hydroxylation is 1.